The molecule has 0 bridgehead atoms. The number of ether oxygens (including phenoxy) is 3. The Balaban J connectivity index is -0.000000213. The molecule has 1 atom stereocenters. The number of thiocarbonyl (C=S) groups is 1. The molecule has 0 fully saturated rings. The predicted molar refractivity (Wildman–Crippen MR) is 229 cm³/mol. The zero-order valence-electron chi connectivity index (χ0n) is 35.5. The van der Waals surface area contributed by atoms with Crippen LogP contribution in [0, 0.1) is 6.57 Å². The molecule has 58 heavy (non-hydrogen) atoms. The van der Waals surface area contributed by atoms with Gasteiger partial charge in [-0.25, -0.2) is 24.6 Å². The number of carbonyl (C=O) groups excluding carboxylic acids is 5. The van der Waals surface area contributed by atoms with E-state index in [1.807, 2.05) is 44.2 Å². The number of benzene rings is 1. The Morgan fingerprint density at radius 2 is 1.31 bits per heavy atom. The number of hydrogen-bond donors (Lipinski definition) is 1. The van der Waals surface area contributed by atoms with Crippen molar-refractivity contribution in [2.24, 2.45) is 0 Å². The number of hydrogen-bond acceptors (Lipinski definition) is 13. The van der Waals surface area contributed by atoms with Gasteiger partial charge in [0.15, 0.2) is 0 Å². The van der Waals surface area contributed by atoms with Gasteiger partial charge in [-0.15, -0.1) is 0 Å². The summed E-state index contributed by atoms with van der Waals surface area (Å²) in [6, 6.07) is 9.85. The maximum Gasteiger partial charge on any atom is 1.00 e. The third-order valence-corrected chi connectivity index (χ3v) is 9.81. The van der Waals surface area contributed by atoms with Gasteiger partial charge in [-0.3, -0.25) is 9.64 Å². The van der Waals surface area contributed by atoms with Gasteiger partial charge >= 0.3 is 47.6 Å². The van der Waals surface area contributed by atoms with Gasteiger partial charge in [0.1, 0.15) is 6.61 Å². The molecule has 13 nitrogen and oxygen atoms in total. The Morgan fingerprint density at radius 1 is 0.862 bits per heavy atom. The van der Waals surface area contributed by atoms with Gasteiger partial charge in [0.2, 0.25) is 5.91 Å². The molecule has 0 aromatic heterocycles. The summed E-state index contributed by atoms with van der Waals surface area (Å²) in [5.41, 5.74) is -0.0351. The van der Waals surface area contributed by atoms with Gasteiger partial charge in [-0.1, -0.05) is 134 Å². The van der Waals surface area contributed by atoms with Gasteiger partial charge in [-0.2, -0.15) is 9.59 Å². The van der Waals surface area contributed by atoms with Crippen LogP contribution < -0.4 is 34.9 Å². The fourth-order valence-electron chi connectivity index (χ4n) is 3.98. The fraction of sp³-hybridized carbons (Fsp3) is 0.561. The summed E-state index contributed by atoms with van der Waals surface area (Å²) in [5.74, 6) is -1.86. The van der Waals surface area contributed by atoms with Crippen molar-refractivity contribution in [2.45, 2.75) is 116 Å². The number of rotatable bonds is 23. The quantitative estimate of drug-likeness (QED) is 0.0289. The Labute approximate surface area is 379 Å². The number of thioether (sulfide) groups is 1. The molecular weight excluding hydrogens is 816 g/mol. The van der Waals surface area contributed by atoms with Crippen LogP contribution in [0.3, 0.4) is 0 Å². The minimum Gasteiger partial charge on any atom is -0.748 e. The van der Waals surface area contributed by atoms with Crippen LogP contribution in [0.1, 0.15) is 111 Å². The third-order valence-electron chi connectivity index (χ3n) is 7.01. The molecule has 1 N–H and O–H groups in total. The van der Waals surface area contributed by atoms with Crippen molar-refractivity contribution in [3.05, 3.63) is 85.3 Å². The molecule has 0 aliphatic carbocycles. The molecule has 0 aliphatic rings. The van der Waals surface area contributed by atoms with E-state index < -0.39 is 38.2 Å². The average molecular weight is 879 g/mol. The molecule has 0 saturated heterocycles. The van der Waals surface area contributed by atoms with Crippen molar-refractivity contribution in [1.29, 1.82) is 0 Å². The normalized spacial score (nSPS) is 10.8. The zero-order valence-corrected chi connectivity index (χ0v) is 40.0. The topological polar surface area (TPSA) is 187 Å². The van der Waals surface area contributed by atoms with Crippen LogP contribution in [0.5, 0.6) is 0 Å². The van der Waals surface area contributed by atoms with Gasteiger partial charge in [0.05, 0.1) is 33.3 Å². The molecule has 1 aromatic carbocycles. The summed E-state index contributed by atoms with van der Waals surface area (Å²) in [6.07, 6.45) is 17.4. The van der Waals surface area contributed by atoms with Crippen LogP contribution >= 0.6 is 24.0 Å². The Bertz CT molecular complexity index is 1480. The minimum absolute atomic E-state index is 0. The molecule has 17 heteroatoms. The summed E-state index contributed by atoms with van der Waals surface area (Å²) in [7, 11) is -2.79. The first kappa shape index (κ1) is 64.2. The Hall–Kier alpha value is -2.97. The van der Waals surface area contributed by atoms with Crippen molar-refractivity contribution in [2.75, 3.05) is 32.7 Å². The number of unbranched alkanes of at least 4 members (excludes halogenated alkanes) is 9. The fourth-order valence-corrected chi connectivity index (χ4v) is 6.45. The van der Waals surface area contributed by atoms with Gasteiger partial charge < -0.3 is 24.1 Å². The monoisotopic (exact) mass is 878 g/mol. The number of nitrogens with one attached hydrogen (secondary N) is 1. The first-order valence-electron chi connectivity index (χ1n) is 18.4. The van der Waals surface area contributed by atoms with E-state index in [1.54, 1.807) is 7.11 Å². The van der Waals surface area contributed by atoms with E-state index >= 15 is 0 Å². The maximum absolute atomic E-state index is 10.8. The van der Waals surface area contributed by atoms with Crippen molar-refractivity contribution < 1.29 is 80.7 Å². The summed E-state index contributed by atoms with van der Waals surface area (Å²) < 4.78 is 46.0. The molecule has 0 radical (unpaired) electrons. The zero-order chi connectivity index (χ0) is 44.6. The second kappa shape index (κ2) is 42.2. The first-order valence-corrected chi connectivity index (χ1v) is 21.2. The SMILES string of the molecule is C=CC(=O)NC(C)(C)CS(=O)(=O)[O-].C=CC(=O)OCCCCCCCCCCCC.C=CC(=O)OCCOC.O=C=O.[C-]#[N+]C(C)(CC)SC(=S)c1ccccc1.[Na+]. The van der Waals surface area contributed by atoms with E-state index in [0.29, 0.717) is 19.8 Å². The standard InChI is InChI=1S/C15H28O2.C12H13NS2.C7H13NO4S.C6H10O3.CO2.Na/c1-3-5-6-7-8-9-10-11-12-13-14-17-15(16)4-2;1-4-12(2,13-3)15-11(14)10-8-6-5-7-9-10;1-4-6(9)8-7(2,3)5-13(10,11)12;1-3-6(7)9-5-4-8-2;2-1-3;/h4H,2-3,5-14H2,1H3;5-9H,4H2,1-2H3;4H,1,5H2,2-3H3,(H,8,9)(H,10,11,12);3H,1,4-5H2,2H3;;/q;;;;;+1/p-1. The van der Waals surface area contributed by atoms with E-state index in [2.05, 4.69) is 46.3 Å². The summed E-state index contributed by atoms with van der Waals surface area (Å²) in [6.45, 7) is 27.3. The number of esters is 2. The van der Waals surface area contributed by atoms with E-state index in [1.165, 1.54) is 89.5 Å². The van der Waals surface area contributed by atoms with Crippen LogP contribution in [-0.4, -0.2) is 84.3 Å². The van der Waals surface area contributed by atoms with E-state index in [4.69, 9.17) is 33.1 Å². The van der Waals surface area contributed by atoms with Crippen molar-refractivity contribution in [1.82, 2.24) is 5.32 Å². The summed E-state index contributed by atoms with van der Waals surface area (Å²) in [5, 5.41) is 2.33. The van der Waals surface area contributed by atoms with Crippen LogP contribution in [0.2, 0.25) is 0 Å². The molecule has 0 spiro atoms. The third kappa shape index (κ3) is 47.4. The molecule has 1 amide bonds. The maximum atomic E-state index is 10.8. The van der Waals surface area contributed by atoms with E-state index in [9.17, 15) is 27.4 Å². The van der Waals surface area contributed by atoms with Crippen molar-refractivity contribution >= 4 is 62.3 Å². The molecule has 0 aliphatic heterocycles. The van der Waals surface area contributed by atoms with Gasteiger partial charge in [0.25, 0.3) is 4.87 Å². The summed E-state index contributed by atoms with van der Waals surface area (Å²) in [4.78, 5) is 51.3. The van der Waals surface area contributed by atoms with Gasteiger partial charge in [0, 0.05) is 38.1 Å². The smallest absolute Gasteiger partial charge is 0.748 e. The molecule has 0 saturated carbocycles. The largest absolute Gasteiger partial charge is 1.00 e. The minimum atomic E-state index is -4.33. The van der Waals surface area contributed by atoms with E-state index in [-0.39, 0.29) is 41.7 Å². The van der Waals surface area contributed by atoms with Gasteiger partial charge in [-0.05, 0) is 43.7 Å². The molecular formula is C41H63N2NaO11S3. The van der Waals surface area contributed by atoms with Crippen molar-refractivity contribution in [3.8, 4) is 0 Å². The number of carbonyl (C=O) groups is 3. The first-order chi connectivity index (χ1) is 26.8. The number of nitrogens with zero attached hydrogens (tertiary/aromatic N) is 1. The van der Waals surface area contributed by atoms with Crippen LogP contribution in [0.25, 0.3) is 4.85 Å². The predicted octanol–water partition coefficient (Wildman–Crippen LogP) is 5.17. The average Bonchev–Trinajstić information content (AvgIpc) is 3.17. The summed E-state index contributed by atoms with van der Waals surface area (Å²) >= 11 is 6.80. The molecule has 0 heterocycles. The van der Waals surface area contributed by atoms with Crippen molar-refractivity contribution in [3.63, 3.8) is 0 Å². The number of amides is 1. The second-order valence-corrected chi connectivity index (χ2v) is 16.2. The Morgan fingerprint density at radius 3 is 1.69 bits per heavy atom. The van der Waals surface area contributed by atoms with Crippen LogP contribution in [0.4, 0.5) is 0 Å². The number of methoxy groups -OCH3 is 1. The van der Waals surface area contributed by atoms with Crippen LogP contribution in [0.15, 0.2) is 68.3 Å². The molecule has 1 unspecified atom stereocenters. The molecule has 322 valence electrons. The van der Waals surface area contributed by atoms with E-state index in [0.717, 1.165) is 34.8 Å². The second-order valence-electron chi connectivity index (χ2n) is 12.7. The molecule has 1 rings (SSSR count). The Kier molecular flexibility index (Phi) is 46.7. The molecule has 1 aromatic rings. The van der Waals surface area contributed by atoms with Crippen LogP contribution in [-0.2, 0) is 48.3 Å².